The maximum Gasteiger partial charge on any atom is 0.271 e. The number of carbonyl (C=O) groups is 2. The number of hydrogen-bond donors (Lipinski definition) is 1. The zero-order chi connectivity index (χ0) is 19.1. The second-order valence-corrected chi connectivity index (χ2v) is 5.84. The Hall–Kier alpha value is -3.22. The van der Waals surface area contributed by atoms with Gasteiger partial charge in [-0.1, -0.05) is 6.07 Å². The van der Waals surface area contributed by atoms with E-state index in [2.05, 4.69) is 5.32 Å². The van der Waals surface area contributed by atoms with E-state index < -0.39 is 4.92 Å². The van der Waals surface area contributed by atoms with Crippen LogP contribution < -0.4 is 10.1 Å². The van der Waals surface area contributed by atoms with E-state index in [1.54, 1.807) is 37.3 Å². The second-order valence-electron chi connectivity index (χ2n) is 5.84. The maximum atomic E-state index is 12.0. The molecule has 0 radical (unpaired) electrons. The SMILES string of the molecule is CC(=O)c1ccc(OCCCC(=O)Nc2cc([N+](=O)[O-])ccc2C)cc1. The molecule has 0 saturated heterocycles. The van der Waals surface area contributed by atoms with Gasteiger partial charge in [0, 0.05) is 24.1 Å². The molecule has 0 fully saturated rings. The lowest BCUT2D eigenvalue weighted by Crippen LogP contribution is -2.13. The van der Waals surface area contributed by atoms with Gasteiger partial charge in [0.2, 0.25) is 5.91 Å². The average molecular weight is 356 g/mol. The van der Waals surface area contributed by atoms with Gasteiger partial charge in [-0.2, -0.15) is 0 Å². The summed E-state index contributed by atoms with van der Waals surface area (Å²) in [5.41, 5.74) is 1.74. The van der Waals surface area contributed by atoms with E-state index in [4.69, 9.17) is 4.74 Å². The summed E-state index contributed by atoms with van der Waals surface area (Å²) in [5, 5.41) is 13.5. The van der Waals surface area contributed by atoms with Gasteiger partial charge in [0.05, 0.1) is 17.2 Å². The minimum absolute atomic E-state index is 0.00957. The first-order chi connectivity index (χ1) is 12.4. The Kier molecular flexibility index (Phi) is 6.43. The van der Waals surface area contributed by atoms with Crippen LogP contribution in [0.3, 0.4) is 0 Å². The highest BCUT2D eigenvalue weighted by Gasteiger charge is 2.11. The first-order valence-electron chi connectivity index (χ1n) is 8.15. The highest BCUT2D eigenvalue weighted by molar-refractivity contribution is 5.94. The predicted octanol–water partition coefficient (Wildman–Crippen LogP) is 3.90. The van der Waals surface area contributed by atoms with Crippen LogP contribution in [-0.4, -0.2) is 23.2 Å². The number of nitro groups is 1. The number of nitrogens with one attached hydrogen (secondary N) is 1. The number of nitro benzene ring substituents is 1. The van der Waals surface area contributed by atoms with Crippen molar-refractivity contribution in [1.29, 1.82) is 0 Å². The van der Waals surface area contributed by atoms with Gasteiger partial charge in [-0.25, -0.2) is 0 Å². The van der Waals surface area contributed by atoms with E-state index in [0.717, 1.165) is 5.56 Å². The number of Topliss-reactive ketones (excluding diaryl/α,β-unsaturated/α-hetero) is 1. The molecule has 0 heterocycles. The molecule has 26 heavy (non-hydrogen) atoms. The van der Waals surface area contributed by atoms with Crippen molar-refractivity contribution in [2.24, 2.45) is 0 Å². The Bertz CT molecular complexity index is 815. The monoisotopic (exact) mass is 356 g/mol. The van der Waals surface area contributed by atoms with Crippen LogP contribution in [0.2, 0.25) is 0 Å². The Morgan fingerprint density at radius 1 is 1.15 bits per heavy atom. The maximum absolute atomic E-state index is 12.0. The van der Waals surface area contributed by atoms with Gasteiger partial charge in [-0.05, 0) is 50.1 Å². The van der Waals surface area contributed by atoms with Gasteiger partial charge in [0.1, 0.15) is 5.75 Å². The van der Waals surface area contributed by atoms with Gasteiger partial charge in [0.15, 0.2) is 5.78 Å². The highest BCUT2D eigenvalue weighted by Crippen LogP contribution is 2.22. The summed E-state index contributed by atoms with van der Waals surface area (Å²) in [4.78, 5) is 33.5. The fourth-order valence-corrected chi connectivity index (χ4v) is 2.28. The van der Waals surface area contributed by atoms with Crippen LogP contribution in [0.4, 0.5) is 11.4 Å². The molecule has 2 aromatic carbocycles. The molecule has 0 saturated carbocycles. The van der Waals surface area contributed by atoms with E-state index in [9.17, 15) is 19.7 Å². The largest absolute Gasteiger partial charge is 0.494 e. The number of rotatable bonds is 8. The zero-order valence-corrected chi connectivity index (χ0v) is 14.7. The van der Waals surface area contributed by atoms with Crippen molar-refractivity contribution in [1.82, 2.24) is 0 Å². The Morgan fingerprint density at radius 2 is 1.85 bits per heavy atom. The topological polar surface area (TPSA) is 98.5 Å². The summed E-state index contributed by atoms with van der Waals surface area (Å²) in [6.45, 7) is 3.62. The summed E-state index contributed by atoms with van der Waals surface area (Å²) in [5.74, 6) is 0.388. The number of benzene rings is 2. The normalized spacial score (nSPS) is 10.2. The highest BCUT2D eigenvalue weighted by atomic mass is 16.6. The second kappa shape index (κ2) is 8.75. The number of amides is 1. The Balaban J connectivity index is 1.79. The quantitative estimate of drug-likeness (QED) is 0.335. The Labute approximate surface area is 151 Å². The number of carbonyl (C=O) groups excluding carboxylic acids is 2. The molecule has 2 aromatic rings. The first-order valence-corrected chi connectivity index (χ1v) is 8.15. The van der Waals surface area contributed by atoms with E-state index in [0.29, 0.717) is 30.0 Å². The summed E-state index contributed by atoms with van der Waals surface area (Å²) >= 11 is 0. The van der Waals surface area contributed by atoms with Gasteiger partial charge < -0.3 is 10.1 Å². The molecule has 7 nitrogen and oxygen atoms in total. The van der Waals surface area contributed by atoms with Crippen molar-refractivity contribution in [3.63, 3.8) is 0 Å². The standard InChI is InChI=1S/C19H20N2O5/c1-13-5-8-16(21(24)25)12-18(13)20-19(23)4-3-11-26-17-9-6-15(7-10-17)14(2)22/h5-10,12H,3-4,11H2,1-2H3,(H,20,23). The molecule has 136 valence electrons. The molecule has 0 aliphatic heterocycles. The zero-order valence-electron chi connectivity index (χ0n) is 14.7. The molecule has 1 amide bonds. The number of aryl methyl sites for hydroxylation is 1. The van der Waals surface area contributed by atoms with E-state index in [1.165, 1.54) is 19.1 Å². The van der Waals surface area contributed by atoms with Crippen LogP contribution >= 0.6 is 0 Å². The molecule has 0 aromatic heterocycles. The van der Waals surface area contributed by atoms with Crippen molar-refractivity contribution < 1.29 is 19.2 Å². The molecule has 7 heteroatoms. The molecule has 1 N–H and O–H groups in total. The average Bonchev–Trinajstić information content (AvgIpc) is 2.61. The predicted molar refractivity (Wildman–Crippen MR) is 97.6 cm³/mol. The molecule has 0 bridgehead atoms. The van der Waals surface area contributed by atoms with Crippen LogP contribution in [0.15, 0.2) is 42.5 Å². The van der Waals surface area contributed by atoms with Crippen LogP contribution in [0.25, 0.3) is 0 Å². The summed E-state index contributed by atoms with van der Waals surface area (Å²) < 4.78 is 5.54. The number of ketones is 1. The number of ether oxygens (including phenoxy) is 1. The van der Waals surface area contributed by atoms with Gasteiger partial charge in [0.25, 0.3) is 5.69 Å². The lowest BCUT2D eigenvalue weighted by atomic mass is 10.1. The number of non-ortho nitro benzene ring substituents is 1. The fraction of sp³-hybridized carbons (Fsp3) is 0.263. The van der Waals surface area contributed by atoms with Gasteiger partial charge in [-0.15, -0.1) is 0 Å². The van der Waals surface area contributed by atoms with Crippen LogP contribution in [0.5, 0.6) is 5.75 Å². The Morgan fingerprint density at radius 3 is 2.46 bits per heavy atom. The molecule has 0 atom stereocenters. The molecule has 0 aliphatic rings. The molecule has 0 aliphatic carbocycles. The van der Waals surface area contributed by atoms with E-state index >= 15 is 0 Å². The van der Waals surface area contributed by atoms with Crippen molar-refractivity contribution in [2.75, 3.05) is 11.9 Å². The van der Waals surface area contributed by atoms with Crippen molar-refractivity contribution in [3.8, 4) is 5.75 Å². The fourth-order valence-electron chi connectivity index (χ4n) is 2.28. The first kappa shape index (κ1) is 19.1. The molecule has 0 unspecified atom stereocenters. The smallest absolute Gasteiger partial charge is 0.271 e. The summed E-state index contributed by atoms with van der Waals surface area (Å²) in [7, 11) is 0. The third-order valence-corrected chi connectivity index (χ3v) is 3.78. The molecular formula is C19H20N2O5. The minimum Gasteiger partial charge on any atom is -0.494 e. The summed E-state index contributed by atoms with van der Waals surface area (Å²) in [6.07, 6.45) is 0.724. The minimum atomic E-state index is -0.500. The number of hydrogen-bond acceptors (Lipinski definition) is 5. The van der Waals surface area contributed by atoms with Crippen LogP contribution in [0.1, 0.15) is 35.7 Å². The van der Waals surface area contributed by atoms with Crippen molar-refractivity contribution in [2.45, 2.75) is 26.7 Å². The van der Waals surface area contributed by atoms with Crippen molar-refractivity contribution in [3.05, 3.63) is 63.7 Å². The molecule has 2 rings (SSSR count). The van der Waals surface area contributed by atoms with E-state index in [1.807, 2.05) is 0 Å². The summed E-state index contributed by atoms with van der Waals surface area (Å²) in [6, 6.07) is 11.1. The lowest BCUT2D eigenvalue weighted by Gasteiger charge is -2.09. The number of nitrogens with zero attached hydrogens (tertiary/aromatic N) is 1. The van der Waals surface area contributed by atoms with E-state index in [-0.39, 0.29) is 23.8 Å². The number of anilines is 1. The molecule has 0 spiro atoms. The van der Waals surface area contributed by atoms with Gasteiger partial charge in [-0.3, -0.25) is 19.7 Å². The van der Waals surface area contributed by atoms with Crippen LogP contribution in [0, 0.1) is 17.0 Å². The lowest BCUT2D eigenvalue weighted by molar-refractivity contribution is -0.384. The van der Waals surface area contributed by atoms with Gasteiger partial charge >= 0.3 is 0 Å². The van der Waals surface area contributed by atoms with Crippen LogP contribution in [-0.2, 0) is 4.79 Å². The third kappa shape index (κ3) is 5.41. The van der Waals surface area contributed by atoms with Crippen molar-refractivity contribution >= 4 is 23.1 Å². The third-order valence-electron chi connectivity index (χ3n) is 3.78. The molecular weight excluding hydrogens is 336 g/mol.